The molecule has 23 heavy (non-hydrogen) atoms. The average Bonchev–Trinajstić information content (AvgIpc) is 2.99. The van der Waals surface area contributed by atoms with Crippen molar-refractivity contribution in [2.75, 3.05) is 13.2 Å². The number of halogens is 1. The highest BCUT2D eigenvalue weighted by atomic mass is 35.5. The summed E-state index contributed by atoms with van der Waals surface area (Å²) in [6, 6.07) is 7.64. The summed E-state index contributed by atoms with van der Waals surface area (Å²) < 4.78 is 7.24. The van der Waals surface area contributed by atoms with Crippen molar-refractivity contribution < 1.29 is 9.53 Å². The number of aryl methyl sites for hydroxylation is 1. The Bertz CT molecular complexity index is 656. The molecule has 1 aliphatic heterocycles. The quantitative estimate of drug-likeness (QED) is 0.909. The van der Waals surface area contributed by atoms with Crippen molar-refractivity contribution in [1.29, 1.82) is 0 Å². The van der Waals surface area contributed by atoms with Gasteiger partial charge < -0.3 is 10.1 Å². The molecule has 1 atom stereocenters. The van der Waals surface area contributed by atoms with Gasteiger partial charge in [0.2, 0.25) is 5.91 Å². The molecule has 0 saturated heterocycles. The van der Waals surface area contributed by atoms with E-state index < -0.39 is 0 Å². The number of hydrogen-bond donors (Lipinski definition) is 1. The Morgan fingerprint density at radius 3 is 3.00 bits per heavy atom. The van der Waals surface area contributed by atoms with Gasteiger partial charge in [0.1, 0.15) is 6.73 Å². The van der Waals surface area contributed by atoms with Crippen molar-refractivity contribution >= 4 is 17.5 Å². The van der Waals surface area contributed by atoms with Gasteiger partial charge in [0.05, 0.1) is 18.5 Å². The zero-order valence-electron chi connectivity index (χ0n) is 12.7. The minimum Gasteiger partial charge on any atom is -0.357 e. The van der Waals surface area contributed by atoms with Gasteiger partial charge in [-0.2, -0.15) is 0 Å². The number of nitrogens with zero attached hydrogens (tertiary/aromatic N) is 3. The number of amides is 1. The van der Waals surface area contributed by atoms with E-state index in [1.165, 1.54) is 0 Å². The predicted molar refractivity (Wildman–Crippen MR) is 86.0 cm³/mol. The van der Waals surface area contributed by atoms with Gasteiger partial charge in [0.25, 0.3) is 0 Å². The lowest BCUT2D eigenvalue weighted by atomic mass is 9.93. The number of carbonyl (C=O) groups excluding carboxylic acids is 1. The molecule has 7 heteroatoms. The van der Waals surface area contributed by atoms with Gasteiger partial charge in [-0.25, -0.2) is 4.68 Å². The van der Waals surface area contributed by atoms with Crippen LogP contribution in [0.5, 0.6) is 0 Å². The first kappa shape index (κ1) is 16.0. The van der Waals surface area contributed by atoms with Crippen molar-refractivity contribution in [3.8, 4) is 0 Å². The van der Waals surface area contributed by atoms with Crippen LogP contribution in [-0.2, 0) is 29.1 Å². The third kappa shape index (κ3) is 4.30. The first-order chi connectivity index (χ1) is 11.2. The van der Waals surface area contributed by atoms with Crippen molar-refractivity contribution in [1.82, 2.24) is 20.3 Å². The Morgan fingerprint density at radius 1 is 1.35 bits per heavy atom. The Hall–Kier alpha value is -1.92. The maximum absolute atomic E-state index is 12.4. The summed E-state index contributed by atoms with van der Waals surface area (Å²) >= 11 is 5.92. The molecular weight excluding hydrogens is 316 g/mol. The molecule has 2 heterocycles. The van der Waals surface area contributed by atoms with Crippen LogP contribution in [0.15, 0.2) is 30.5 Å². The molecule has 1 amide bonds. The van der Waals surface area contributed by atoms with E-state index in [0.29, 0.717) is 31.3 Å². The normalized spacial score (nSPS) is 19.5. The van der Waals surface area contributed by atoms with Crippen LogP contribution < -0.4 is 5.32 Å². The standard InChI is InChI=1S/C16H19ClN4O2/c17-14-4-1-12(2-5-14)9-13-3-6-15-10-19-20-21(15)11-23-8-7-18-16(13)22/h1-2,4-5,10,13H,3,6-9,11H2,(H,18,22)/t13-/m0/s1. The summed E-state index contributed by atoms with van der Waals surface area (Å²) in [4.78, 5) is 12.4. The Kier molecular flexibility index (Phi) is 5.25. The number of rotatable bonds is 2. The molecule has 1 aromatic carbocycles. The molecule has 0 spiro atoms. The fraction of sp³-hybridized carbons (Fsp3) is 0.438. The molecule has 122 valence electrons. The van der Waals surface area contributed by atoms with Gasteiger partial charge in [-0.05, 0) is 37.0 Å². The highest BCUT2D eigenvalue weighted by Gasteiger charge is 2.20. The van der Waals surface area contributed by atoms with Gasteiger partial charge >= 0.3 is 0 Å². The van der Waals surface area contributed by atoms with Crippen molar-refractivity contribution in [3.05, 3.63) is 46.7 Å². The lowest BCUT2D eigenvalue weighted by molar-refractivity contribution is -0.125. The molecule has 3 rings (SSSR count). The largest absolute Gasteiger partial charge is 0.357 e. The van der Waals surface area contributed by atoms with Crippen LogP contribution in [0.3, 0.4) is 0 Å². The fourth-order valence-electron chi connectivity index (χ4n) is 2.68. The first-order valence-corrected chi connectivity index (χ1v) is 8.07. The van der Waals surface area contributed by atoms with Gasteiger partial charge in [-0.3, -0.25) is 4.79 Å². The van der Waals surface area contributed by atoms with E-state index in [-0.39, 0.29) is 11.8 Å². The van der Waals surface area contributed by atoms with Gasteiger partial charge in [0, 0.05) is 17.5 Å². The minimum absolute atomic E-state index is 0.0597. The molecule has 1 aromatic heterocycles. The predicted octanol–water partition coefficient (Wildman–Crippen LogP) is 1.83. The lowest BCUT2D eigenvalue weighted by Crippen LogP contribution is -2.34. The first-order valence-electron chi connectivity index (χ1n) is 7.69. The summed E-state index contributed by atoms with van der Waals surface area (Å²) in [6.45, 7) is 1.33. The minimum atomic E-state index is -0.0994. The SMILES string of the molecule is O=C1NCCOCn2nncc2CC[C@H]1Cc1ccc(Cl)cc1. The molecule has 2 aromatic rings. The van der Waals surface area contributed by atoms with Crippen LogP contribution in [0.2, 0.25) is 5.02 Å². The van der Waals surface area contributed by atoms with E-state index in [1.54, 1.807) is 10.9 Å². The van der Waals surface area contributed by atoms with Gasteiger partial charge in [0.15, 0.2) is 0 Å². The monoisotopic (exact) mass is 334 g/mol. The summed E-state index contributed by atoms with van der Waals surface area (Å²) in [6.07, 6.45) is 3.90. The fourth-order valence-corrected chi connectivity index (χ4v) is 2.80. The number of fused-ring (bicyclic) bond motifs is 1. The topological polar surface area (TPSA) is 69.0 Å². The van der Waals surface area contributed by atoms with Gasteiger partial charge in [-0.15, -0.1) is 5.10 Å². The number of nitrogens with one attached hydrogen (secondary N) is 1. The molecule has 6 nitrogen and oxygen atoms in total. The van der Waals surface area contributed by atoms with Crippen molar-refractivity contribution in [2.24, 2.45) is 5.92 Å². The molecule has 0 radical (unpaired) electrons. The highest BCUT2D eigenvalue weighted by molar-refractivity contribution is 6.30. The molecule has 0 unspecified atom stereocenters. The smallest absolute Gasteiger partial charge is 0.223 e. The van der Waals surface area contributed by atoms with Crippen LogP contribution in [-0.4, -0.2) is 34.1 Å². The van der Waals surface area contributed by atoms with E-state index in [2.05, 4.69) is 15.6 Å². The molecule has 1 aliphatic rings. The second kappa shape index (κ2) is 7.57. The van der Waals surface area contributed by atoms with E-state index in [9.17, 15) is 4.79 Å². The maximum atomic E-state index is 12.4. The Morgan fingerprint density at radius 2 is 2.17 bits per heavy atom. The summed E-state index contributed by atoms with van der Waals surface area (Å²) in [7, 11) is 0. The second-order valence-electron chi connectivity index (χ2n) is 5.62. The van der Waals surface area contributed by atoms with Crippen LogP contribution in [0.25, 0.3) is 0 Å². The second-order valence-corrected chi connectivity index (χ2v) is 6.06. The van der Waals surface area contributed by atoms with Crippen LogP contribution in [0.1, 0.15) is 17.7 Å². The molecule has 1 N–H and O–H groups in total. The van der Waals surface area contributed by atoms with E-state index in [1.807, 2.05) is 24.3 Å². The third-order valence-electron chi connectivity index (χ3n) is 3.97. The zero-order chi connectivity index (χ0) is 16.1. The Labute approximate surface area is 139 Å². The van der Waals surface area contributed by atoms with E-state index in [0.717, 1.165) is 24.1 Å². The average molecular weight is 335 g/mol. The summed E-state index contributed by atoms with van der Waals surface area (Å²) in [5, 5.41) is 11.6. The zero-order valence-corrected chi connectivity index (χ0v) is 13.5. The number of benzene rings is 1. The number of aromatic nitrogens is 3. The molecule has 0 aliphatic carbocycles. The highest BCUT2D eigenvalue weighted by Crippen LogP contribution is 2.18. The maximum Gasteiger partial charge on any atom is 0.223 e. The summed E-state index contributed by atoms with van der Waals surface area (Å²) in [5.41, 5.74) is 2.09. The molecule has 0 fully saturated rings. The molecule has 0 bridgehead atoms. The van der Waals surface area contributed by atoms with Crippen LogP contribution in [0.4, 0.5) is 0 Å². The third-order valence-corrected chi connectivity index (χ3v) is 4.22. The van der Waals surface area contributed by atoms with Crippen molar-refractivity contribution in [3.63, 3.8) is 0 Å². The number of hydrogen-bond acceptors (Lipinski definition) is 4. The van der Waals surface area contributed by atoms with Crippen molar-refractivity contribution in [2.45, 2.75) is 26.0 Å². The van der Waals surface area contributed by atoms with Crippen LogP contribution in [0, 0.1) is 5.92 Å². The van der Waals surface area contributed by atoms with E-state index in [4.69, 9.17) is 16.3 Å². The molecular formula is C16H19ClN4O2. The number of carbonyl (C=O) groups is 1. The van der Waals surface area contributed by atoms with Crippen LogP contribution >= 0.6 is 11.6 Å². The number of ether oxygens (including phenoxy) is 1. The van der Waals surface area contributed by atoms with E-state index >= 15 is 0 Å². The molecule has 0 saturated carbocycles. The van der Waals surface area contributed by atoms with Gasteiger partial charge in [-0.1, -0.05) is 28.9 Å². The lowest BCUT2D eigenvalue weighted by Gasteiger charge is -2.16. The Balaban J connectivity index is 1.74. The summed E-state index contributed by atoms with van der Waals surface area (Å²) in [5.74, 6) is -0.0397.